The summed E-state index contributed by atoms with van der Waals surface area (Å²) in [6, 6.07) is 0. The quantitative estimate of drug-likeness (QED) is 0.221. The summed E-state index contributed by atoms with van der Waals surface area (Å²) in [5.74, 6) is 0.834. The van der Waals surface area contributed by atoms with Gasteiger partial charge in [-0.25, -0.2) is 0 Å². The molecule has 0 aromatic rings. The average Bonchev–Trinajstić information content (AvgIpc) is 2.31. The molecule has 0 aromatic heterocycles. The van der Waals surface area contributed by atoms with Gasteiger partial charge in [0.2, 0.25) is 0 Å². The van der Waals surface area contributed by atoms with E-state index < -0.39 is 0 Å². The summed E-state index contributed by atoms with van der Waals surface area (Å²) in [5, 5.41) is 0. The monoisotopic (exact) mass is 244 g/mol. The Kier molecular flexibility index (Phi) is 15.1. The Morgan fingerprint density at radius 3 is 1.75 bits per heavy atom. The zero-order valence-electron chi connectivity index (χ0n) is 11.0. The number of allylic oxidation sites excluding steroid dienone is 2. The van der Waals surface area contributed by atoms with Crippen LogP contribution in [0.3, 0.4) is 0 Å². The van der Waals surface area contributed by atoms with E-state index in [4.69, 9.17) is 11.6 Å². The first-order chi connectivity index (χ1) is 7.91. The second kappa shape index (κ2) is 15.0. The first-order valence-corrected chi connectivity index (χ1v) is 7.66. The van der Waals surface area contributed by atoms with E-state index in [1.165, 1.54) is 70.6 Å². The van der Waals surface area contributed by atoms with Crippen LogP contribution < -0.4 is 0 Å². The van der Waals surface area contributed by atoms with Crippen LogP contribution in [0.25, 0.3) is 0 Å². The zero-order chi connectivity index (χ0) is 11.9. The molecule has 0 aromatic carbocycles. The van der Waals surface area contributed by atoms with Crippen LogP contribution in [-0.2, 0) is 0 Å². The largest absolute Gasteiger partial charge is 0.127 e. The minimum atomic E-state index is 0.834. The number of hydrogen-bond donors (Lipinski definition) is 0. The Balaban J connectivity index is 2.97. The van der Waals surface area contributed by atoms with Crippen LogP contribution in [0.2, 0.25) is 0 Å². The van der Waals surface area contributed by atoms with Crippen molar-refractivity contribution in [2.75, 3.05) is 5.88 Å². The minimum Gasteiger partial charge on any atom is -0.127 e. The predicted molar refractivity (Wildman–Crippen MR) is 76.3 cm³/mol. The summed E-state index contributed by atoms with van der Waals surface area (Å²) >= 11 is 5.63. The number of alkyl halides is 1. The van der Waals surface area contributed by atoms with Crippen molar-refractivity contribution in [3.8, 4) is 0 Å². The lowest BCUT2D eigenvalue weighted by atomic mass is 10.1. The van der Waals surface area contributed by atoms with Crippen molar-refractivity contribution >= 4 is 11.6 Å². The summed E-state index contributed by atoms with van der Waals surface area (Å²) in [6.07, 6.45) is 19.4. The normalized spacial score (nSPS) is 11.4. The molecule has 0 rings (SSSR count). The van der Waals surface area contributed by atoms with E-state index in [-0.39, 0.29) is 0 Å². The van der Waals surface area contributed by atoms with E-state index in [1.807, 2.05) is 0 Å². The fraction of sp³-hybridized carbons (Fsp3) is 0.867. The van der Waals surface area contributed by atoms with Crippen molar-refractivity contribution in [1.29, 1.82) is 0 Å². The predicted octanol–water partition coefficient (Wildman–Crippen LogP) is 6.09. The van der Waals surface area contributed by atoms with Crippen LogP contribution in [0.1, 0.15) is 77.6 Å². The van der Waals surface area contributed by atoms with Gasteiger partial charge in [0.25, 0.3) is 0 Å². The molecule has 0 saturated carbocycles. The van der Waals surface area contributed by atoms with Crippen molar-refractivity contribution in [3.63, 3.8) is 0 Å². The van der Waals surface area contributed by atoms with E-state index in [0.717, 1.165) is 5.88 Å². The van der Waals surface area contributed by atoms with Gasteiger partial charge in [0, 0.05) is 5.88 Å². The van der Waals surface area contributed by atoms with Gasteiger partial charge in [0.15, 0.2) is 0 Å². The highest BCUT2D eigenvalue weighted by Crippen LogP contribution is 2.08. The van der Waals surface area contributed by atoms with Gasteiger partial charge in [-0.15, -0.1) is 11.6 Å². The molecule has 0 saturated heterocycles. The molecular formula is C15H29Cl. The van der Waals surface area contributed by atoms with E-state index >= 15 is 0 Å². The van der Waals surface area contributed by atoms with E-state index in [1.54, 1.807) is 0 Å². The molecule has 0 atom stereocenters. The molecule has 0 nitrogen and oxygen atoms in total. The first kappa shape index (κ1) is 16.0. The Labute approximate surface area is 107 Å². The maximum absolute atomic E-state index is 5.63. The fourth-order valence-electron chi connectivity index (χ4n) is 1.81. The SMILES string of the molecule is CCCCC/C=C\CCCCCCCCCl. The molecule has 16 heavy (non-hydrogen) atoms. The van der Waals surface area contributed by atoms with Crippen molar-refractivity contribution < 1.29 is 0 Å². The van der Waals surface area contributed by atoms with E-state index in [0.29, 0.717) is 0 Å². The maximum atomic E-state index is 5.63. The van der Waals surface area contributed by atoms with Crippen LogP contribution in [0.5, 0.6) is 0 Å². The maximum Gasteiger partial charge on any atom is 0.0223 e. The molecule has 0 radical (unpaired) electrons. The molecule has 0 spiro atoms. The molecule has 0 amide bonds. The molecule has 0 aliphatic heterocycles. The lowest BCUT2D eigenvalue weighted by Crippen LogP contribution is -1.80. The van der Waals surface area contributed by atoms with Crippen molar-refractivity contribution in [2.45, 2.75) is 77.6 Å². The van der Waals surface area contributed by atoms with Gasteiger partial charge >= 0.3 is 0 Å². The van der Waals surface area contributed by atoms with Gasteiger partial charge < -0.3 is 0 Å². The summed E-state index contributed by atoms with van der Waals surface area (Å²) in [7, 11) is 0. The molecule has 0 heterocycles. The Hall–Kier alpha value is 0.0300. The van der Waals surface area contributed by atoms with Crippen LogP contribution in [0, 0.1) is 0 Å². The van der Waals surface area contributed by atoms with E-state index in [2.05, 4.69) is 19.1 Å². The average molecular weight is 245 g/mol. The molecule has 96 valence electrons. The summed E-state index contributed by atoms with van der Waals surface area (Å²) in [5.41, 5.74) is 0. The summed E-state index contributed by atoms with van der Waals surface area (Å²) in [6.45, 7) is 2.26. The molecule has 0 aliphatic carbocycles. The van der Waals surface area contributed by atoms with E-state index in [9.17, 15) is 0 Å². The van der Waals surface area contributed by atoms with Crippen LogP contribution in [-0.4, -0.2) is 5.88 Å². The third-order valence-electron chi connectivity index (χ3n) is 2.90. The van der Waals surface area contributed by atoms with Gasteiger partial charge in [-0.05, 0) is 32.1 Å². The smallest absolute Gasteiger partial charge is 0.0223 e. The van der Waals surface area contributed by atoms with Crippen LogP contribution >= 0.6 is 11.6 Å². The Bertz CT molecular complexity index is 140. The van der Waals surface area contributed by atoms with Crippen molar-refractivity contribution in [3.05, 3.63) is 12.2 Å². The first-order valence-electron chi connectivity index (χ1n) is 7.12. The molecule has 0 N–H and O–H groups in total. The molecule has 0 aliphatic rings. The Morgan fingerprint density at radius 1 is 0.688 bits per heavy atom. The topological polar surface area (TPSA) is 0 Å². The Morgan fingerprint density at radius 2 is 1.19 bits per heavy atom. The number of hydrogen-bond acceptors (Lipinski definition) is 0. The lowest BCUT2D eigenvalue weighted by molar-refractivity contribution is 0.612. The van der Waals surface area contributed by atoms with Gasteiger partial charge in [-0.2, -0.15) is 0 Å². The lowest BCUT2D eigenvalue weighted by Gasteiger charge is -1.98. The van der Waals surface area contributed by atoms with Crippen LogP contribution in [0.15, 0.2) is 12.2 Å². The summed E-state index contributed by atoms with van der Waals surface area (Å²) in [4.78, 5) is 0. The minimum absolute atomic E-state index is 0.834. The zero-order valence-corrected chi connectivity index (χ0v) is 11.8. The number of halogens is 1. The van der Waals surface area contributed by atoms with Crippen LogP contribution in [0.4, 0.5) is 0 Å². The van der Waals surface area contributed by atoms with Crippen molar-refractivity contribution in [2.24, 2.45) is 0 Å². The number of rotatable bonds is 12. The second-order valence-electron chi connectivity index (χ2n) is 4.57. The summed E-state index contributed by atoms with van der Waals surface area (Å²) < 4.78 is 0. The third kappa shape index (κ3) is 14.0. The van der Waals surface area contributed by atoms with Gasteiger partial charge in [0.05, 0.1) is 0 Å². The van der Waals surface area contributed by atoms with Crippen molar-refractivity contribution in [1.82, 2.24) is 0 Å². The highest BCUT2D eigenvalue weighted by molar-refractivity contribution is 6.17. The third-order valence-corrected chi connectivity index (χ3v) is 3.16. The molecular weight excluding hydrogens is 216 g/mol. The fourth-order valence-corrected chi connectivity index (χ4v) is 2.00. The highest BCUT2D eigenvalue weighted by Gasteiger charge is 1.89. The number of unbranched alkanes of at least 4 members (excludes halogenated alkanes) is 9. The standard InChI is InChI=1S/C15H29Cl/c1-2-3-4-5-6-7-8-9-10-11-12-13-14-15-16/h6-7H,2-5,8-15H2,1H3/b7-6-. The van der Waals surface area contributed by atoms with Gasteiger partial charge in [-0.3, -0.25) is 0 Å². The highest BCUT2D eigenvalue weighted by atomic mass is 35.5. The molecule has 0 fully saturated rings. The second-order valence-corrected chi connectivity index (χ2v) is 4.94. The molecule has 0 bridgehead atoms. The molecule has 1 heteroatoms. The molecule has 0 unspecified atom stereocenters. The van der Waals surface area contributed by atoms with Gasteiger partial charge in [0.1, 0.15) is 0 Å². The van der Waals surface area contributed by atoms with Gasteiger partial charge in [-0.1, -0.05) is 57.6 Å².